The highest BCUT2D eigenvalue weighted by Gasteiger charge is 2.32. The molecule has 2 atom stereocenters. The molecule has 0 bridgehead atoms. The van der Waals surface area contributed by atoms with Gasteiger partial charge in [-0.1, -0.05) is 17.7 Å². The van der Waals surface area contributed by atoms with E-state index in [1.54, 1.807) is 0 Å². The lowest BCUT2D eigenvalue weighted by molar-refractivity contribution is -0.307. The number of carboxylic acids is 1. The topological polar surface area (TPSA) is 78.5 Å². The predicted molar refractivity (Wildman–Crippen MR) is 76.6 cm³/mol. The molecule has 5 nitrogen and oxygen atoms in total. The lowest BCUT2D eigenvalue weighted by Crippen LogP contribution is -2.38. The first-order valence-electron chi connectivity index (χ1n) is 7.17. The van der Waals surface area contributed by atoms with Gasteiger partial charge in [0.15, 0.2) is 0 Å². The summed E-state index contributed by atoms with van der Waals surface area (Å²) in [6, 6.07) is 5.70. The number of anilines is 1. The van der Waals surface area contributed by atoms with Crippen molar-refractivity contribution >= 4 is 17.6 Å². The molecule has 0 unspecified atom stereocenters. The van der Waals surface area contributed by atoms with E-state index in [2.05, 4.69) is 5.32 Å². The zero-order valence-corrected chi connectivity index (χ0v) is 12.3. The van der Waals surface area contributed by atoms with Crippen LogP contribution in [0.2, 0.25) is 0 Å². The van der Waals surface area contributed by atoms with E-state index in [9.17, 15) is 14.7 Å². The summed E-state index contributed by atoms with van der Waals surface area (Å²) >= 11 is 0. The number of hydrogen-bond donors (Lipinski definition) is 1. The smallest absolute Gasteiger partial charge is 0.230 e. The highest BCUT2D eigenvalue weighted by molar-refractivity contribution is 5.95. The van der Waals surface area contributed by atoms with Crippen LogP contribution in [0.3, 0.4) is 0 Å². The lowest BCUT2D eigenvalue weighted by Gasteiger charge is -2.23. The fourth-order valence-corrected chi connectivity index (χ4v) is 2.67. The summed E-state index contributed by atoms with van der Waals surface area (Å²) in [5.74, 6) is -2.26. The van der Waals surface area contributed by atoms with Crippen LogP contribution in [0.15, 0.2) is 18.2 Å². The summed E-state index contributed by atoms with van der Waals surface area (Å²) in [7, 11) is 0. The van der Waals surface area contributed by atoms with Crippen molar-refractivity contribution in [2.75, 3.05) is 11.9 Å². The monoisotopic (exact) mass is 290 g/mol. The Labute approximate surface area is 124 Å². The average molecular weight is 290 g/mol. The number of nitrogens with one attached hydrogen (secondary N) is 1. The van der Waals surface area contributed by atoms with Crippen molar-refractivity contribution in [1.82, 2.24) is 0 Å². The Kier molecular flexibility index (Phi) is 4.96. The van der Waals surface area contributed by atoms with Crippen LogP contribution in [-0.2, 0) is 14.3 Å². The molecule has 21 heavy (non-hydrogen) atoms. The lowest BCUT2D eigenvalue weighted by atomic mass is 9.95. The molecule has 5 heteroatoms. The predicted octanol–water partition coefficient (Wildman–Crippen LogP) is 1.18. The molecule has 0 spiro atoms. The molecule has 0 aromatic heterocycles. The number of rotatable bonds is 5. The first-order valence-corrected chi connectivity index (χ1v) is 7.17. The van der Waals surface area contributed by atoms with Crippen molar-refractivity contribution < 1.29 is 19.4 Å². The number of ether oxygens (including phenoxy) is 1. The highest BCUT2D eigenvalue weighted by atomic mass is 16.5. The van der Waals surface area contributed by atoms with Gasteiger partial charge in [-0.15, -0.1) is 0 Å². The maximum atomic E-state index is 12.4. The summed E-state index contributed by atoms with van der Waals surface area (Å²) in [5.41, 5.74) is 2.76. The molecule has 1 N–H and O–H groups in total. The van der Waals surface area contributed by atoms with Crippen molar-refractivity contribution in [3.63, 3.8) is 0 Å². The maximum Gasteiger partial charge on any atom is 0.230 e. The fourth-order valence-electron chi connectivity index (χ4n) is 2.67. The number of aliphatic carboxylic acids is 1. The Morgan fingerprint density at radius 2 is 2.19 bits per heavy atom. The Hall–Kier alpha value is -1.88. The van der Waals surface area contributed by atoms with Crippen LogP contribution < -0.4 is 10.4 Å². The van der Waals surface area contributed by atoms with Crippen LogP contribution in [0.25, 0.3) is 0 Å². The van der Waals surface area contributed by atoms with E-state index in [0.717, 1.165) is 17.5 Å². The number of amides is 1. The average Bonchev–Trinajstić information content (AvgIpc) is 2.92. The van der Waals surface area contributed by atoms with Gasteiger partial charge in [-0.25, -0.2) is 0 Å². The number of hydrogen-bond acceptors (Lipinski definition) is 4. The van der Waals surface area contributed by atoms with E-state index >= 15 is 0 Å². The molecule has 1 heterocycles. The molecule has 0 saturated carbocycles. The summed E-state index contributed by atoms with van der Waals surface area (Å²) in [6.07, 6.45) is 0.902. The quantitative estimate of drug-likeness (QED) is 0.883. The second-order valence-electron chi connectivity index (χ2n) is 5.54. The largest absolute Gasteiger partial charge is 0.550 e. The molecule has 1 saturated heterocycles. The van der Waals surface area contributed by atoms with E-state index in [4.69, 9.17) is 4.74 Å². The van der Waals surface area contributed by atoms with E-state index in [1.165, 1.54) is 0 Å². The number of carboxylic acid groups (broad SMARTS) is 1. The minimum atomic E-state index is -1.23. The molecule has 1 aliphatic heterocycles. The van der Waals surface area contributed by atoms with Crippen LogP contribution in [0.4, 0.5) is 5.69 Å². The van der Waals surface area contributed by atoms with Crippen molar-refractivity contribution in [3.05, 3.63) is 29.3 Å². The summed E-state index contributed by atoms with van der Waals surface area (Å²) in [5, 5.41) is 13.7. The van der Waals surface area contributed by atoms with Crippen molar-refractivity contribution in [3.8, 4) is 0 Å². The molecule has 1 fully saturated rings. The Bertz CT molecular complexity index is 535. The fraction of sp³-hybridized carbons (Fsp3) is 0.500. The number of benzene rings is 1. The zero-order valence-electron chi connectivity index (χ0n) is 12.3. The molecule has 1 aliphatic rings. The van der Waals surface area contributed by atoms with Gasteiger partial charge in [0, 0.05) is 24.7 Å². The van der Waals surface area contributed by atoms with Gasteiger partial charge >= 0.3 is 0 Å². The van der Waals surface area contributed by atoms with Gasteiger partial charge in [-0.05, 0) is 38.3 Å². The zero-order chi connectivity index (χ0) is 15.4. The Morgan fingerprint density at radius 3 is 2.76 bits per heavy atom. The molecule has 1 aromatic rings. The van der Waals surface area contributed by atoms with Gasteiger partial charge in [0.1, 0.15) is 0 Å². The minimum Gasteiger partial charge on any atom is -0.550 e. The van der Waals surface area contributed by atoms with Crippen LogP contribution in [0.1, 0.15) is 30.4 Å². The minimum absolute atomic E-state index is 0.318. The Morgan fingerprint density at radius 1 is 1.43 bits per heavy atom. The molecule has 1 aromatic carbocycles. The second kappa shape index (κ2) is 6.72. The molecule has 0 radical (unpaired) electrons. The highest BCUT2D eigenvalue weighted by Crippen LogP contribution is 2.25. The van der Waals surface area contributed by atoms with Gasteiger partial charge < -0.3 is 20.0 Å². The standard InChI is InChI=1S/C16H21NO4/c1-10-5-6-13(11(2)8-10)17-16(20)12(9-15(18)19)14-4-3-7-21-14/h5-6,8,12,14H,3-4,7,9H2,1-2H3,(H,17,20)(H,18,19)/p-1/t12-,14-/m0/s1. The third kappa shape index (κ3) is 4.04. The maximum absolute atomic E-state index is 12.4. The number of carbonyl (C=O) groups excluding carboxylic acids is 2. The van der Waals surface area contributed by atoms with Crippen LogP contribution in [0, 0.1) is 19.8 Å². The van der Waals surface area contributed by atoms with Gasteiger partial charge in [0.25, 0.3) is 0 Å². The third-order valence-electron chi connectivity index (χ3n) is 3.78. The van der Waals surface area contributed by atoms with E-state index in [-0.39, 0.29) is 18.4 Å². The molecule has 1 amide bonds. The first kappa shape index (κ1) is 15.5. The Balaban J connectivity index is 2.11. The number of carbonyl (C=O) groups is 2. The van der Waals surface area contributed by atoms with E-state index in [0.29, 0.717) is 18.7 Å². The summed E-state index contributed by atoms with van der Waals surface area (Å²) in [4.78, 5) is 23.3. The molecule has 0 aliphatic carbocycles. The summed E-state index contributed by atoms with van der Waals surface area (Å²) < 4.78 is 5.47. The van der Waals surface area contributed by atoms with E-state index < -0.39 is 11.9 Å². The van der Waals surface area contributed by atoms with Gasteiger partial charge in [-0.2, -0.15) is 0 Å². The van der Waals surface area contributed by atoms with Crippen molar-refractivity contribution in [2.24, 2.45) is 5.92 Å². The van der Waals surface area contributed by atoms with Gasteiger partial charge in [-0.3, -0.25) is 4.79 Å². The second-order valence-corrected chi connectivity index (χ2v) is 5.54. The van der Waals surface area contributed by atoms with Gasteiger partial charge in [0.2, 0.25) is 5.91 Å². The SMILES string of the molecule is Cc1ccc(NC(=O)[C@@H](CC(=O)[O-])[C@@H]2CCCO2)c(C)c1. The normalized spacial score (nSPS) is 19.2. The van der Waals surface area contributed by atoms with Crippen LogP contribution in [-0.4, -0.2) is 24.6 Å². The van der Waals surface area contributed by atoms with Gasteiger partial charge in [0.05, 0.1) is 12.0 Å². The molecular formula is C16H20NO4-. The van der Waals surface area contributed by atoms with E-state index in [1.807, 2.05) is 32.0 Å². The molecule has 114 valence electrons. The van der Waals surface area contributed by atoms with Crippen LogP contribution in [0.5, 0.6) is 0 Å². The third-order valence-corrected chi connectivity index (χ3v) is 3.78. The van der Waals surface area contributed by atoms with Crippen molar-refractivity contribution in [1.29, 1.82) is 0 Å². The number of aryl methyl sites for hydroxylation is 2. The van der Waals surface area contributed by atoms with Crippen molar-refractivity contribution in [2.45, 2.75) is 39.2 Å². The van der Waals surface area contributed by atoms with Crippen LogP contribution >= 0.6 is 0 Å². The molecular weight excluding hydrogens is 270 g/mol. The molecule has 2 rings (SSSR count). The first-order chi connectivity index (χ1) is 9.97. The summed E-state index contributed by atoms with van der Waals surface area (Å²) in [6.45, 7) is 4.46.